The monoisotopic (exact) mass is 248 g/mol. The third kappa shape index (κ3) is 2.16. The molecule has 1 aromatic rings. The first-order valence-corrected chi connectivity index (χ1v) is 6.96. The van der Waals surface area contributed by atoms with Gasteiger partial charge in [0, 0.05) is 16.6 Å². The lowest BCUT2D eigenvalue weighted by molar-refractivity contribution is 0.607. The van der Waals surface area contributed by atoms with Gasteiger partial charge >= 0.3 is 0 Å². The lowest BCUT2D eigenvalue weighted by Gasteiger charge is -2.03. The van der Waals surface area contributed by atoms with Crippen LogP contribution in [-0.2, 0) is 9.05 Å². The summed E-state index contributed by atoms with van der Waals surface area (Å²) in [4.78, 5) is 0. The van der Waals surface area contributed by atoms with Crippen molar-refractivity contribution in [1.82, 2.24) is 0 Å². The summed E-state index contributed by atoms with van der Waals surface area (Å²) in [7, 11) is 1.78. The number of benzene rings is 1. The van der Waals surface area contributed by atoms with Gasteiger partial charge in [0.25, 0.3) is 0 Å². The Bertz CT molecular complexity index is 498. The largest absolute Gasteiger partial charge is 0.236 e. The van der Waals surface area contributed by atoms with E-state index < -0.39 is 14.3 Å². The molecule has 1 aliphatic carbocycles. The lowest BCUT2D eigenvalue weighted by Crippen LogP contribution is -2.00. The van der Waals surface area contributed by atoms with E-state index in [1.54, 1.807) is 13.0 Å². The van der Waals surface area contributed by atoms with Crippen molar-refractivity contribution in [2.45, 2.75) is 24.5 Å². The van der Waals surface area contributed by atoms with E-state index in [9.17, 15) is 12.8 Å². The molecule has 0 N–H and O–H groups in total. The van der Waals surface area contributed by atoms with Crippen LogP contribution in [0.3, 0.4) is 0 Å². The van der Waals surface area contributed by atoms with E-state index in [4.69, 9.17) is 10.7 Å². The van der Waals surface area contributed by atoms with Gasteiger partial charge in [0.2, 0.25) is 9.05 Å². The first kappa shape index (κ1) is 10.9. The van der Waals surface area contributed by atoms with Gasteiger partial charge in [-0.05, 0) is 36.6 Å². The number of halogens is 2. The van der Waals surface area contributed by atoms with Crippen LogP contribution in [0.2, 0.25) is 0 Å². The Morgan fingerprint density at radius 3 is 2.60 bits per heavy atom. The van der Waals surface area contributed by atoms with Crippen LogP contribution >= 0.6 is 10.7 Å². The minimum atomic E-state index is -3.48. The molecule has 0 aliphatic heterocycles. The molecule has 0 bridgehead atoms. The Kier molecular flexibility index (Phi) is 2.51. The predicted octanol–water partition coefficient (Wildman–Crippen LogP) is 2.56. The van der Waals surface area contributed by atoms with Crippen molar-refractivity contribution in [2.24, 2.45) is 0 Å². The lowest BCUT2D eigenvalue weighted by atomic mass is 10.0. The van der Waals surface area contributed by atoms with Crippen molar-refractivity contribution in [1.29, 1.82) is 0 Å². The zero-order valence-electron chi connectivity index (χ0n) is 8.07. The Morgan fingerprint density at radius 1 is 1.47 bits per heavy atom. The maximum absolute atomic E-state index is 12.8. The minimum Gasteiger partial charge on any atom is -0.212 e. The molecule has 0 aromatic heterocycles. The topological polar surface area (TPSA) is 34.1 Å². The summed E-state index contributed by atoms with van der Waals surface area (Å²) in [6, 6.07) is 4.39. The third-order valence-electron chi connectivity index (χ3n) is 2.72. The van der Waals surface area contributed by atoms with E-state index in [0.29, 0.717) is 6.42 Å². The summed E-state index contributed by atoms with van der Waals surface area (Å²) < 4.78 is 34.9. The molecule has 0 radical (unpaired) electrons. The average molecular weight is 249 g/mol. The molecule has 2 nitrogen and oxygen atoms in total. The molecule has 0 saturated heterocycles. The fourth-order valence-corrected chi connectivity index (χ4v) is 3.43. The van der Waals surface area contributed by atoms with Crippen molar-refractivity contribution in [3.8, 4) is 0 Å². The Balaban J connectivity index is 2.28. The molecule has 1 aromatic carbocycles. The van der Waals surface area contributed by atoms with E-state index in [2.05, 4.69) is 0 Å². The maximum atomic E-state index is 12.8. The summed E-state index contributed by atoms with van der Waals surface area (Å²) in [5, 5.41) is -0.497. The molecule has 1 saturated carbocycles. The molecule has 0 spiro atoms. The zero-order chi connectivity index (χ0) is 11.2. The highest BCUT2D eigenvalue weighted by Crippen LogP contribution is 2.48. The second-order valence-electron chi connectivity index (χ2n) is 3.86. The van der Waals surface area contributed by atoms with Crippen LogP contribution in [0.15, 0.2) is 18.2 Å². The van der Waals surface area contributed by atoms with Crippen molar-refractivity contribution >= 4 is 19.7 Å². The van der Waals surface area contributed by atoms with E-state index in [1.807, 2.05) is 0 Å². The smallest absolute Gasteiger partial charge is 0.212 e. The first-order valence-electron chi connectivity index (χ1n) is 4.59. The molecule has 2 unspecified atom stereocenters. The van der Waals surface area contributed by atoms with Crippen molar-refractivity contribution in [3.63, 3.8) is 0 Å². The normalized spacial score (nSPS) is 25.3. The molecule has 2 rings (SSSR count). The number of aryl methyl sites for hydroxylation is 1. The van der Waals surface area contributed by atoms with Gasteiger partial charge in [-0.3, -0.25) is 0 Å². The van der Waals surface area contributed by atoms with Crippen molar-refractivity contribution in [3.05, 3.63) is 35.1 Å². The molecule has 82 valence electrons. The highest BCUT2D eigenvalue weighted by molar-refractivity contribution is 8.14. The predicted molar refractivity (Wildman–Crippen MR) is 57.1 cm³/mol. The molecule has 2 atom stereocenters. The van der Waals surface area contributed by atoms with Gasteiger partial charge in [-0.2, -0.15) is 0 Å². The van der Waals surface area contributed by atoms with Crippen LogP contribution in [0.4, 0.5) is 4.39 Å². The van der Waals surface area contributed by atoms with Crippen LogP contribution in [0.25, 0.3) is 0 Å². The SMILES string of the molecule is Cc1cc(F)ccc1C1CC1S(=O)(=O)Cl. The highest BCUT2D eigenvalue weighted by Gasteiger charge is 2.47. The van der Waals surface area contributed by atoms with Crippen LogP contribution in [0.1, 0.15) is 23.5 Å². The molecule has 0 amide bonds. The third-order valence-corrected chi connectivity index (χ3v) is 4.66. The summed E-state index contributed by atoms with van der Waals surface area (Å²) in [5.74, 6) is -0.365. The molecule has 15 heavy (non-hydrogen) atoms. The highest BCUT2D eigenvalue weighted by atomic mass is 35.7. The fourth-order valence-electron chi connectivity index (χ4n) is 1.87. The minimum absolute atomic E-state index is 0.0619. The molecular formula is C10H10ClFO2S. The standard InChI is InChI=1S/C10H10ClFO2S/c1-6-4-7(12)2-3-8(6)9-5-10(9)15(11,13)14/h2-4,9-10H,5H2,1H3. The van der Waals surface area contributed by atoms with E-state index in [0.717, 1.165) is 11.1 Å². The zero-order valence-corrected chi connectivity index (χ0v) is 9.65. The first-order chi connectivity index (χ1) is 6.89. The number of rotatable bonds is 2. The molecule has 5 heteroatoms. The second kappa shape index (κ2) is 3.46. The average Bonchev–Trinajstić information content (AvgIpc) is 2.82. The maximum Gasteiger partial charge on any atom is 0.236 e. The quantitative estimate of drug-likeness (QED) is 0.754. The molecule has 1 aliphatic rings. The summed E-state index contributed by atoms with van der Waals surface area (Å²) in [5.41, 5.74) is 1.66. The van der Waals surface area contributed by atoms with Gasteiger partial charge in [-0.15, -0.1) is 0 Å². The Labute approximate surface area is 92.5 Å². The fraction of sp³-hybridized carbons (Fsp3) is 0.400. The van der Waals surface area contributed by atoms with Crippen LogP contribution in [-0.4, -0.2) is 13.7 Å². The van der Waals surface area contributed by atoms with E-state index in [-0.39, 0.29) is 11.7 Å². The van der Waals surface area contributed by atoms with Gasteiger partial charge in [0.15, 0.2) is 0 Å². The summed E-state index contributed by atoms with van der Waals surface area (Å²) >= 11 is 0. The van der Waals surface area contributed by atoms with Gasteiger partial charge in [-0.1, -0.05) is 6.07 Å². The summed E-state index contributed by atoms with van der Waals surface area (Å²) in [6.07, 6.45) is 0.540. The molecular weight excluding hydrogens is 239 g/mol. The number of hydrogen-bond donors (Lipinski definition) is 0. The summed E-state index contributed by atoms with van der Waals surface area (Å²) in [6.45, 7) is 1.77. The number of hydrogen-bond acceptors (Lipinski definition) is 2. The van der Waals surface area contributed by atoms with Crippen LogP contribution in [0.5, 0.6) is 0 Å². The van der Waals surface area contributed by atoms with E-state index >= 15 is 0 Å². The van der Waals surface area contributed by atoms with Crippen LogP contribution in [0, 0.1) is 12.7 Å². The molecule has 0 heterocycles. The second-order valence-corrected chi connectivity index (χ2v) is 6.70. The molecule has 1 fully saturated rings. The van der Waals surface area contributed by atoms with E-state index in [1.165, 1.54) is 12.1 Å². The Morgan fingerprint density at radius 2 is 2.13 bits per heavy atom. The van der Waals surface area contributed by atoms with Gasteiger partial charge in [0.1, 0.15) is 5.82 Å². The van der Waals surface area contributed by atoms with Crippen molar-refractivity contribution < 1.29 is 12.8 Å². The van der Waals surface area contributed by atoms with Gasteiger partial charge in [-0.25, -0.2) is 12.8 Å². The van der Waals surface area contributed by atoms with Crippen LogP contribution < -0.4 is 0 Å². The van der Waals surface area contributed by atoms with Gasteiger partial charge < -0.3 is 0 Å². The van der Waals surface area contributed by atoms with Gasteiger partial charge in [0.05, 0.1) is 5.25 Å². The Hall–Kier alpha value is -0.610. The van der Waals surface area contributed by atoms with Crippen molar-refractivity contribution in [2.75, 3.05) is 0 Å².